The van der Waals surface area contributed by atoms with Gasteiger partial charge in [-0.2, -0.15) is 0 Å². The zero-order valence-electron chi connectivity index (χ0n) is 17.8. The van der Waals surface area contributed by atoms with E-state index in [1.165, 1.54) is 58.0 Å². The van der Waals surface area contributed by atoms with Crippen LogP contribution in [0.15, 0.2) is 36.7 Å². The zero-order valence-corrected chi connectivity index (χ0v) is 17.8. The number of carbonyl (C=O) groups excluding carboxylic acids is 1. The summed E-state index contributed by atoms with van der Waals surface area (Å²) in [6, 6.07) is 8.97. The monoisotopic (exact) mass is 404 g/mol. The first-order valence-electron chi connectivity index (χ1n) is 11.6. The molecule has 3 heterocycles. The van der Waals surface area contributed by atoms with Crippen LogP contribution in [0.3, 0.4) is 0 Å². The van der Waals surface area contributed by atoms with E-state index < -0.39 is 0 Å². The van der Waals surface area contributed by atoms with Gasteiger partial charge in [0.05, 0.1) is 0 Å². The molecule has 2 aliphatic heterocycles. The molecule has 2 aromatic rings. The van der Waals surface area contributed by atoms with Crippen LogP contribution in [0.1, 0.15) is 50.5 Å². The summed E-state index contributed by atoms with van der Waals surface area (Å²) >= 11 is 0. The van der Waals surface area contributed by atoms with Crippen LogP contribution in [0.4, 0.5) is 5.95 Å². The number of hydrogen-bond donors (Lipinski definition) is 0. The lowest BCUT2D eigenvalue weighted by Crippen LogP contribution is -2.51. The molecule has 0 radical (unpaired) electrons. The van der Waals surface area contributed by atoms with Gasteiger partial charge in [-0.3, -0.25) is 0 Å². The molecule has 1 saturated carbocycles. The molecular weight excluding hydrogens is 372 g/mol. The van der Waals surface area contributed by atoms with Crippen LogP contribution in [0.2, 0.25) is 0 Å². The molecule has 5 rings (SSSR count). The fourth-order valence-electron chi connectivity index (χ4n) is 5.36. The SMILES string of the molecule is O=CCc1ccc(-c2cnc(N3CCC4(CC3)CCN(C3CCC3)CC4)nc2)cc1. The molecule has 0 N–H and O–H groups in total. The predicted molar refractivity (Wildman–Crippen MR) is 120 cm³/mol. The average Bonchev–Trinajstić information content (AvgIpc) is 2.76. The summed E-state index contributed by atoms with van der Waals surface area (Å²) in [7, 11) is 0. The van der Waals surface area contributed by atoms with Gasteiger partial charge in [-0.25, -0.2) is 9.97 Å². The lowest BCUT2D eigenvalue weighted by atomic mass is 9.70. The smallest absolute Gasteiger partial charge is 0.225 e. The average molecular weight is 405 g/mol. The van der Waals surface area contributed by atoms with E-state index in [1.54, 1.807) is 0 Å². The number of benzene rings is 1. The summed E-state index contributed by atoms with van der Waals surface area (Å²) in [4.78, 5) is 25.1. The largest absolute Gasteiger partial charge is 0.341 e. The van der Waals surface area contributed by atoms with E-state index >= 15 is 0 Å². The quantitative estimate of drug-likeness (QED) is 0.702. The number of carbonyl (C=O) groups is 1. The fraction of sp³-hybridized carbons (Fsp3) is 0.560. The Morgan fingerprint density at radius 3 is 2.10 bits per heavy atom. The highest BCUT2D eigenvalue weighted by molar-refractivity contribution is 5.63. The van der Waals surface area contributed by atoms with Crippen molar-refractivity contribution in [3.8, 4) is 11.1 Å². The fourth-order valence-corrected chi connectivity index (χ4v) is 5.36. The van der Waals surface area contributed by atoms with Crippen molar-refractivity contribution in [3.63, 3.8) is 0 Å². The van der Waals surface area contributed by atoms with Crippen LogP contribution in [0.5, 0.6) is 0 Å². The molecule has 3 fully saturated rings. The Kier molecular flexibility index (Phi) is 5.55. The third-order valence-corrected chi connectivity index (χ3v) is 7.80. The first-order valence-corrected chi connectivity index (χ1v) is 11.6. The Labute approximate surface area is 179 Å². The predicted octanol–water partition coefficient (Wildman–Crippen LogP) is 4.12. The maximum atomic E-state index is 10.6. The van der Waals surface area contributed by atoms with Gasteiger partial charge in [0.2, 0.25) is 5.95 Å². The lowest BCUT2D eigenvalue weighted by Gasteiger charge is -2.49. The van der Waals surface area contributed by atoms with E-state index in [1.807, 2.05) is 36.7 Å². The van der Waals surface area contributed by atoms with Gasteiger partial charge in [0.1, 0.15) is 6.29 Å². The second kappa shape index (κ2) is 8.46. The van der Waals surface area contributed by atoms with Crippen molar-refractivity contribution in [1.29, 1.82) is 0 Å². The van der Waals surface area contributed by atoms with Gasteiger partial charge >= 0.3 is 0 Å². The van der Waals surface area contributed by atoms with Crippen molar-refractivity contribution < 1.29 is 4.79 Å². The molecule has 1 aromatic heterocycles. The first-order chi connectivity index (χ1) is 14.7. The van der Waals surface area contributed by atoms with Gasteiger partial charge in [-0.15, -0.1) is 0 Å². The minimum atomic E-state index is 0.463. The molecule has 3 aliphatic rings. The summed E-state index contributed by atoms with van der Waals surface area (Å²) in [5.41, 5.74) is 3.70. The van der Waals surface area contributed by atoms with E-state index in [0.717, 1.165) is 48.1 Å². The normalized spacial score (nSPS) is 22.1. The molecule has 0 unspecified atom stereocenters. The Bertz CT molecular complexity index is 842. The van der Waals surface area contributed by atoms with Gasteiger partial charge in [0, 0.05) is 43.5 Å². The summed E-state index contributed by atoms with van der Waals surface area (Å²) in [5.74, 6) is 0.859. The van der Waals surface area contributed by atoms with Crippen molar-refractivity contribution in [2.45, 2.75) is 57.4 Å². The maximum absolute atomic E-state index is 10.6. The van der Waals surface area contributed by atoms with Crippen LogP contribution in [0.25, 0.3) is 11.1 Å². The highest BCUT2D eigenvalue weighted by Gasteiger charge is 2.40. The van der Waals surface area contributed by atoms with Crippen molar-refractivity contribution in [2.24, 2.45) is 5.41 Å². The standard InChI is InChI=1S/C25H32N4O/c30-17-8-20-4-6-21(7-5-20)22-18-26-24(27-19-22)29-15-11-25(12-16-29)9-13-28(14-10-25)23-2-1-3-23/h4-7,17-19,23H,1-3,8-16H2. The molecule has 30 heavy (non-hydrogen) atoms. The van der Waals surface area contributed by atoms with Crippen LogP contribution in [-0.4, -0.2) is 53.4 Å². The summed E-state index contributed by atoms with van der Waals surface area (Å²) in [5, 5.41) is 0. The molecule has 0 bridgehead atoms. The first kappa shape index (κ1) is 19.7. The molecule has 2 saturated heterocycles. The highest BCUT2D eigenvalue weighted by Crippen LogP contribution is 2.43. The number of likely N-dealkylation sites (tertiary alicyclic amines) is 1. The zero-order chi connectivity index (χ0) is 20.4. The molecule has 5 heteroatoms. The van der Waals surface area contributed by atoms with Crippen LogP contribution in [0, 0.1) is 5.41 Å². The summed E-state index contributed by atoms with van der Waals surface area (Å²) in [6.45, 7) is 4.76. The minimum Gasteiger partial charge on any atom is -0.341 e. The highest BCUT2D eigenvalue weighted by atomic mass is 16.1. The van der Waals surface area contributed by atoms with Crippen LogP contribution >= 0.6 is 0 Å². The number of piperidine rings is 2. The van der Waals surface area contributed by atoms with Crippen LogP contribution < -0.4 is 4.90 Å². The number of aldehydes is 1. The van der Waals surface area contributed by atoms with Crippen LogP contribution in [-0.2, 0) is 11.2 Å². The summed E-state index contributed by atoms with van der Waals surface area (Å²) in [6.07, 6.45) is 14.8. The van der Waals surface area contributed by atoms with Gasteiger partial charge in [-0.05, 0) is 68.2 Å². The molecule has 0 atom stereocenters. The third-order valence-electron chi connectivity index (χ3n) is 7.80. The molecule has 1 aromatic carbocycles. The van der Waals surface area contributed by atoms with Gasteiger partial charge in [0.15, 0.2) is 0 Å². The second-order valence-electron chi connectivity index (χ2n) is 9.45. The van der Waals surface area contributed by atoms with E-state index in [-0.39, 0.29) is 0 Å². The molecule has 1 aliphatic carbocycles. The number of nitrogens with zero attached hydrogens (tertiary/aromatic N) is 4. The molecule has 1 spiro atoms. The van der Waals surface area contributed by atoms with E-state index in [0.29, 0.717) is 11.8 Å². The second-order valence-corrected chi connectivity index (χ2v) is 9.45. The Morgan fingerprint density at radius 2 is 1.53 bits per heavy atom. The van der Waals surface area contributed by atoms with Gasteiger partial charge in [-0.1, -0.05) is 30.7 Å². The van der Waals surface area contributed by atoms with Crippen molar-refractivity contribution in [1.82, 2.24) is 14.9 Å². The molecular formula is C25H32N4O. The Hall–Kier alpha value is -2.27. The van der Waals surface area contributed by atoms with Crippen molar-refractivity contribution in [2.75, 3.05) is 31.1 Å². The Morgan fingerprint density at radius 1 is 0.900 bits per heavy atom. The molecule has 0 amide bonds. The van der Waals surface area contributed by atoms with Gasteiger partial charge < -0.3 is 14.6 Å². The van der Waals surface area contributed by atoms with Gasteiger partial charge in [0.25, 0.3) is 0 Å². The van der Waals surface area contributed by atoms with E-state index in [4.69, 9.17) is 0 Å². The lowest BCUT2D eigenvalue weighted by molar-refractivity contribution is -0.107. The Balaban J connectivity index is 1.17. The third kappa shape index (κ3) is 4.00. The van der Waals surface area contributed by atoms with Crippen molar-refractivity contribution >= 4 is 12.2 Å². The van der Waals surface area contributed by atoms with Crippen molar-refractivity contribution in [3.05, 3.63) is 42.2 Å². The topological polar surface area (TPSA) is 49.3 Å². The molecule has 5 nitrogen and oxygen atoms in total. The summed E-state index contributed by atoms with van der Waals surface area (Å²) < 4.78 is 0. The molecule has 158 valence electrons. The van der Waals surface area contributed by atoms with E-state index in [2.05, 4.69) is 19.8 Å². The van der Waals surface area contributed by atoms with E-state index in [9.17, 15) is 4.79 Å². The number of anilines is 1. The number of hydrogen-bond acceptors (Lipinski definition) is 5. The minimum absolute atomic E-state index is 0.463. The number of aromatic nitrogens is 2. The number of rotatable bonds is 5. The maximum Gasteiger partial charge on any atom is 0.225 e.